The molecule has 1 amide bonds. The van der Waals surface area contributed by atoms with E-state index >= 15 is 0 Å². The average molecular weight is 388 g/mol. The highest BCUT2D eigenvalue weighted by Crippen LogP contribution is 2.24. The van der Waals surface area contributed by atoms with Gasteiger partial charge in [-0.1, -0.05) is 54.6 Å². The number of nitrogens with two attached hydrogens (primary N) is 1. The first-order valence-electron chi connectivity index (χ1n) is 8.98. The summed E-state index contributed by atoms with van der Waals surface area (Å²) in [6.07, 6.45) is 0. The van der Waals surface area contributed by atoms with Crippen LogP contribution in [0.3, 0.4) is 0 Å². The summed E-state index contributed by atoms with van der Waals surface area (Å²) in [7, 11) is 0. The number of thiazole rings is 1. The molecule has 0 fully saturated rings. The minimum Gasteiger partial charge on any atom is -0.375 e. The number of rotatable bonds is 6. The molecule has 4 aromatic rings. The standard InChI is InChI=1S/C22H20N4OS/c23-22-26-20(14-28-22)16-8-10-18(11-9-16)25-21(27)13-24-12-17-6-3-5-15-4-1-2-7-19(15)17/h1-11,14,24H,12-13H2,(H2,23,26)(H,25,27). The molecular weight excluding hydrogens is 368 g/mol. The lowest BCUT2D eigenvalue weighted by molar-refractivity contribution is -0.115. The first kappa shape index (κ1) is 18.2. The highest BCUT2D eigenvalue weighted by atomic mass is 32.1. The maximum atomic E-state index is 12.2. The zero-order valence-electron chi connectivity index (χ0n) is 15.2. The molecule has 5 nitrogen and oxygen atoms in total. The van der Waals surface area contributed by atoms with E-state index in [2.05, 4.69) is 39.9 Å². The second kappa shape index (κ2) is 8.21. The van der Waals surface area contributed by atoms with Crippen molar-refractivity contribution in [3.05, 3.63) is 77.7 Å². The van der Waals surface area contributed by atoms with Crippen molar-refractivity contribution in [2.24, 2.45) is 0 Å². The van der Waals surface area contributed by atoms with E-state index in [0.29, 0.717) is 11.7 Å². The summed E-state index contributed by atoms with van der Waals surface area (Å²) >= 11 is 1.41. The number of aromatic nitrogens is 1. The lowest BCUT2D eigenvalue weighted by Gasteiger charge is -2.09. The van der Waals surface area contributed by atoms with Crippen LogP contribution < -0.4 is 16.4 Å². The number of hydrogen-bond donors (Lipinski definition) is 3. The molecule has 0 unspecified atom stereocenters. The molecule has 0 spiro atoms. The Labute approximate surface area is 167 Å². The van der Waals surface area contributed by atoms with Crippen molar-refractivity contribution in [3.63, 3.8) is 0 Å². The zero-order valence-corrected chi connectivity index (χ0v) is 16.0. The van der Waals surface area contributed by atoms with Crippen LogP contribution in [0.25, 0.3) is 22.0 Å². The zero-order chi connectivity index (χ0) is 19.3. The number of hydrogen-bond acceptors (Lipinski definition) is 5. The number of amides is 1. The Hall–Kier alpha value is -3.22. The molecule has 1 heterocycles. The number of carbonyl (C=O) groups is 1. The van der Waals surface area contributed by atoms with Gasteiger partial charge in [-0.25, -0.2) is 4.98 Å². The molecule has 0 atom stereocenters. The second-order valence-electron chi connectivity index (χ2n) is 6.44. The van der Waals surface area contributed by atoms with Gasteiger partial charge in [-0.3, -0.25) is 4.79 Å². The quantitative estimate of drug-likeness (QED) is 0.461. The number of nitrogens with one attached hydrogen (secondary N) is 2. The molecule has 4 N–H and O–H groups in total. The van der Waals surface area contributed by atoms with Crippen molar-refractivity contribution in [2.75, 3.05) is 17.6 Å². The number of nitrogen functional groups attached to an aromatic ring is 1. The third-order valence-corrected chi connectivity index (χ3v) is 5.14. The van der Waals surface area contributed by atoms with Gasteiger partial charge in [-0.15, -0.1) is 11.3 Å². The van der Waals surface area contributed by atoms with Crippen LogP contribution in [-0.2, 0) is 11.3 Å². The van der Waals surface area contributed by atoms with E-state index in [4.69, 9.17) is 5.73 Å². The maximum absolute atomic E-state index is 12.2. The molecule has 4 rings (SSSR count). The van der Waals surface area contributed by atoms with Gasteiger partial charge < -0.3 is 16.4 Å². The lowest BCUT2D eigenvalue weighted by Crippen LogP contribution is -2.27. The minimum absolute atomic E-state index is 0.0779. The highest BCUT2D eigenvalue weighted by molar-refractivity contribution is 7.13. The van der Waals surface area contributed by atoms with Gasteiger partial charge in [0.05, 0.1) is 12.2 Å². The molecule has 0 radical (unpaired) electrons. The predicted octanol–water partition coefficient (Wildman–Crippen LogP) is 4.27. The van der Waals surface area contributed by atoms with Crippen LogP contribution in [0.2, 0.25) is 0 Å². The van der Waals surface area contributed by atoms with Crippen LogP contribution in [0.1, 0.15) is 5.56 Å². The Kier molecular flexibility index (Phi) is 5.32. The van der Waals surface area contributed by atoms with Crippen LogP contribution in [0.15, 0.2) is 72.1 Å². The second-order valence-corrected chi connectivity index (χ2v) is 7.33. The Morgan fingerprint density at radius 3 is 2.57 bits per heavy atom. The highest BCUT2D eigenvalue weighted by Gasteiger charge is 2.06. The van der Waals surface area contributed by atoms with Gasteiger partial charge in [-0.05, 0) is 28.5 Å². The fraction of sp³-hybridized carbons (Fsp3) is 0.0909. The van der Waals surface area contributed by atoms with Crippen molar-refractivity contribution < 1.29 is 4.79 Å². The first-order chi connectivity index (χ1) is 13.7. The first-order valence-corrected chi connectivity index (χ1v) is 9.86. The molecule has 0 aliphatic heterocycles. The lowest BCUT2D eigenvalue weighted by atomic mass is 10.0. The summed E-state index contributed by atoms with van der Waals surface area (Å²) in [5, 5.41) is 11.0. The third kappa shape index (κ3) is 4.19. The van der Waals surface area contributed by atoms with E-state index < -0.39 is 0 Å². The molecule has 140 valence electrons. The summed E-state index contributed by atoms with van der Waals surface area (Å²) in [6, 6.07) is 22.1. The van der Waals surface area contributed by atoms with E-state index in [-0.39, 0.29) is 12.5 Å². The molecule has 6 heteroatoms. The van der Waals surface area contributed by atoms with Gasteiger partial charge in [0, 0.05) is 23.2 Å². The monoisotopic (exact) mass is 388 g/mol. The summed E-state index contributed by atoms with van der Waals surface area (Å²) in [4.78, 5) is 16.5. The van der Waals surface area contributed by atoms with Crippen LogP contribution >= 0.6 is 11.3 Å². The third-order valence-electron chi connectivity index (χ3n) is 4.47. The topological polar surface area (TPSA) is 80.0 Å². The number of anilines is 2. The van der Waals surface area contributed by atoms with Crippen molar-refractivity contribution >= 4 is 38.8 Å². The number of carbonyl (C=O) groups excluding carboxylic acids is 1. The Bertz CT molecular complexity index is 1100. The van der Waals surface area contributed by atoms with Gasteiger partial charge in [0.2, 0.25) is 5.91 Å². The van der Waals surface area contributed by atoms with E-state index in [1.807, 2.05) is 47.8 Å². The summed E-state index contributed by atoms with van der Waals surface area (Å²) in [5.74, 6) is -0.0779. The van der Waals surface area contributed by atoms with Gasteiger partial charge in [0.25, 0.3) is 0 Å². The largest absolute Gasteiger partial charge is 0.375 e. The van der Waals surface area contributed by atoms with Gasteiger partial charge >= 0.3 is 0 Å². The van der Waals surface area contributed by atoms with E-state index in [9.17, 15) is 4.79 Å². The number of nitrogens with zero attached hydrogens (tertiary/aromatic N) is 1. The Morgan fingerprint density at radius 1 is 1.00 bits per heavy atom. The number of fused-ring (bicyclic) bond motifs is 1. The predicted molar refractivity (Wildman–Crippen MR) is 116 cm³/mol. The molecule has 0 aliphatic carbocycles. The molecule has 0 aliphatic rings. The smallest absolute Gasteiger partial charge is 0.238 e. The normalized spacial score (nSPS) is 10.9. The van der Waals surface area contributed by atoms with Crippen LogP contribution in [-0.4, -0.2) is 17.4 Å². The fourth-order valence-electron chi connectivity index (χ4n) is 3.11. The van der Waals surface area contributed by atoms with E-state index in [1.165, 1.54) is 27.7 Å². The molecule has 1 aromatic heterocycles. The van der Waals surface area contributed by atoms with Crippen molar-refractivity contribution in [1.82, 2.24) is 10.3 Å². The van der Waals surface area contributed by atoms with Gasteiger partial charge in [-0.2, -0.15) is 0 Å². The average Bonchev–Trinajstić information content (AvgIpc) is 3.15. The van der Waals surface area contributed by atoms with Crippen molar-refractivity contribution in [1.29, 1.82) is 0 Å². The summed E-state index contributed by atoms with van der Waals surface area (Å²) in [5.41, 5.74) is 9.42. The van der Waals surface area contributed by atoms with Crippen LogP contribution in [0.5, 0.6) is 0 Å². The van der Waals surface area contributed by atoms with Crippen molar-refractivity contribution in [3.8, 4) is 11.3 Å². The molecule has 28 heavy (non-hydrogen) atoms. The van der Waals surface area contributed by atoms with E-state index in [1.54, 1.807) is 0 Å². The molecule has 0 saturated heterocycles. The number of benzene rings is 3. The minimum atomic E-state index is -0.0779. The summed E-state index contributed by atoms with van der Waals surface area (Å²) in [6.45, 7) is 0.881. The van der Waals surface area contributed by atoms with Gasteiger partial charge in [0.1, 0.15) is 0 Å². The Balaban J connectivity index is 1.32. The molecule has 3 aromatic carbocycles. The van der Waals surface area contributed by atoms with Crippen LogP contribution in [0, 0.1) is 0 Å². The molecular formula is C22H20N4OS. The van der Waals surface area contributed by atoms with Crippen LogP contribution in [0.4, 0.5) is 10.8 Å². The summed E-state index contributed by atoms with van der Waals surface area (Å²) < 4.78 is 0. The molecule has 0 bridgehead atoms. The van der Waals surface area contributed by atoms with E-state index in [0.717, 1.165) is 16.9 Å². The van der Waals surface area contributed by atoms with Crippen molar-refractivity contribution in [2.45, 2.75) is 6.54 Å². The Morgan fingerprint density at radius 2 is 1.79 bits per heavy atom. The van der Waals surface area contributed by atoms with Gasteiger partial charge in [0.15, 0.2) is 5.13 Å². The fourth-order valence-corrected chi connectivity index (χ4v) is 3.68. The maximum Gasteiger partial charge on any atom is 0.238 e. The SMILES string of the molecule is Nc1nc(-c2ccc(NC(=O)CNCc3cccc4ccccc34)cc2)cs1. The molecule has 0 saturated carbocycles.